The maximum Gasteiger partial charge on any atom is 0.339 e. The van der Waals surface area contributed by atoms with Crippen LogP contribution in [0.2, 0.25) is 0 Å². The zero-order chi connectivity index (χ0) is 23.4. The third-order valence-corrected chi connectivity index (χ3v) is 4.92. The molecule has 1 N–H and O–H groups in total. The number of carbonyl (C=O) groups excluding carboxylic acids is 2. The van der Waals surface area contributed by atoms with Crippen molar-refractivity contribution in [2.24, 2.45) is 0 Å². The summed E-state index contributed by atoms with van der Waals surface area (Å²) in [5, 5.41) is 7.01. The summed E-state index contributed by atoms with van der Waals surface area (Å²) >= 11 is 0. The highest BCUT2D eigenvalue weighted by molar-refractivity contribution is 6.05. The van der Waals surface area contributed by atoms with Gasteiger partial charge >= 0.3 is 5.97 Å². The third-order valence-electron chi connectivity index (χ3n) is 4.92. The predicted octanol–water partition coefficient (Wildman–Crippen LogP) is 4.01. The lowest BCUT2D eigenvalue weighted by molar-refractivity contribution is -0.119. The molecule has 2 aromatic heterocycles. The molecule has 4 rings (SSSR count). The van der Waals surface area contributed by atoms with E-state index in [1.807, 2.05) is 30.3 Å². The molecule has 0 atom stereocenters. The molecule has 33 heavy (non-hydrogen) atoms. The van der Waals surface area contributed by atoms with Crippen LogP contribution in [0, 0.1) is 6.92 Å². The number of aryl methyl sites for hydroxylation is 1. The summed E-state index contributed by atoms with van der Waals surface area (Å²) in [6, 6.07) is 15.9. The summed E-state index contributed by atoms with van der Waals surface area (Å²) in [4.78, 5) is 29.8. The number of methoxy groups -OCH3 is 2. The topological polar surface area (TPSA) is 113 Å². The molecule has 2 heterocycles. The molecular weight excluding hydrogens is 426 g/mol. The van der Waals surface area contributed by atoms with Crippen LogP contribution in [0.5, 0.6) is 11.5 Å². The Hall–Kier alpha value is -4.40. The monoisotopic (exact) mass is 447 g/mol. The summed E-state index contributed by atoms with van der Waals surface area (Å²) in [6.45, 7) is 1.21. The quantitative estimate of drug-likeness (QED) is 0.423. The molecule has 0 aliphatic heterocycles. The number of fused-ring (bicyclic) bond motifs is 1. The second-order valence-corrected chi connectivity index (χ2v) is 7.06. The molecular formula is C24H21N3O6. The van der Waals surface area contributed by atoms with E-state index in [9.17, 15) is 9.59 Å². The van der Waals surface area contributed by atoms with Gasteiger partial charge in [-0.3, -0.25) is 4.79 Å². The first kappa shape index (κ1) is 21.8. The summed E-state index contributed by atoms with van der Waals surface area (Å²) < 4.78 is 21.0. The molecule has 2 aromatic carbocycles. The molecule has 1 amide bonds. The number of nitrogens with zero attached hydrogens (tertiary/aromatic N) is 2. The van der Waals surface area contributed by atoms with Crippen molar-refractivity contribution in [3.05, 3.63) is 65.9 Å². The summed E-state index contributed by atoms with van der Waals surface area (Å²) in [7, 11) is 3.01. The van der Waals surface area contributed by atoms with E-state index in [2.05, 4.69) is 15.5 Å². The summed E-state index contributed by atoms with van der Waals surface area (Å²) in [5.74, 6) is -0.223. The van der Waals surface area contributed by atoms with Crippen molar-refractivity contribution < 1.29 is 28.3 Å². The average Bonchev–Trinajstić information content (AvgIpc) is 3.23. The average molecular weight is 447 g/mol. The van der Waals surface area contributed by atoms with Crippen LogP contribution in [-0.2, 0) is 9.53 Å². The maximum atomic E-state index is 12.9. The lowest BCUT2D eigenvalue weighted by Gasteiger charge is -2.12. The van der Waals surface area contributed by atoms with Gasteiger partial charge in [-0.1, -0.05) is 35.5 Å². The number of rotatable bonds is 7. The van der Waals surface area contributed by atoms with Crippen LogP contribution in [0.4, 0.5) is 5.69 Å². The first-order valence-electron chi connectivity index (χ1n) is 10.0. The van der Waals surface area contributed by atoms with Crippen LogP contribution in [0.15, 0.2) is 59.1 Å². The van der Waals surface area contributed by atoms with Gasteiger partial charge < -0.3 is 24.1 Å². The molecule has 0 radical (unpaired) electrons. The molecule has 168 valence electrons. The number of benzene rings is 2. The van der Waals surface area contributed by atoms with Gasteiger partial charge in [0.15, 0.2) is 6.61 Å². The number of anilines is 1. The second-order valence-electron chi connectivity index (χ2n) is 7.06. The largest absolute Gasteiger partial charge is 0.497 e. The Kier molecular flexibility index (Phi) is 6.21. The van der Waals surface area contributed by atoms with E-state index in [1.165, 1.54) is 14.2 Å². The number of hydrogen-bond acceptors (Lipinski definition) is 8. The van der Waals surface area contributed by atoms with Crippen molar-refractivity contribution >= 4 is 28.7 Å². The highest BCUT2D eigenvalue weighted by atomic mass is 16.5. The molecule has 9 heteroatoms. The molecule has 0 bridgehead atoms. The van der Waals surface area contributed by atoms with Gasteiger partial charge in [-0.2, -0.15) is 0 Å². The molecule has 0 fully saturated rings. The second kappa shape index (κ2) is 9.39. The van der Waals surface area contributed by atoms with E-state index >= 15 is 0 Å². The Balaban J connectivity index is 1.53. The number of pyridine rings is 1. The molecule has 0 unspecified atom stereocenters. The molecule has 4 aromatic rings. The number of amides is 1. The normalized spacial score (nSPS) is 10.6. The van der Waals surface area contributed by atoms with Crippen molar-refractivity contribution in [3.63, 3.8) is 0 Å². The summed E-state index contributed by atoms with van der Waals surface area (Å²) in [5.41, 5.74) is 2.68. The number of carbonyl (C=O) groups is 2. The standard InChI is InChI=1S/C24H21N3O6/c1-14-22-17(12-19(26-23(22)33-27-14)15-7-5-4-6-8-15)24(29)32-13-21(28)25-18-10-9-16(30-2)11-20(18)31-3/h4-12H,13H2,1-3H3,(H,25,28). The molecule has 0 spiro atoms. The molecule has 0 saturated carbocycles. The fourth-order valence-corrected chi connectivity index (χ4v) is 3.31. The van der Waals surface area contributed by atoms with Gasteiger partial charge in [-0.15, -0.1) is 0 Å². The zero-order valence-corrected chi connectivity index (χ0v) is 18.2. The van der Waals surface area contributed by atoms with Crippen molar-refractivity contribution in [1.82, 2.24) is 10.1 Å². The Morgan fingerprint density at radius 2 is 1.82 bits per heavy atom. The van der Waals surface area contributed by atoms with Crippen molar-refractivity contribution in [3.8, 4) is 22.8 Å². The Bertz CT molecular complexity index is 1320. The van der Waals surface area contributed by atoms with Crippen LogP contribution in [-0.4, -0.2) is 42.8 Å². The Labute approximate surface area is 189 Å². The van der Waals surface area contributed by atoms with Crippen molar-refractivity contribution in [2.75, 3.05) is 26.1 Å². The van der Waals surface area contributed by atoms with Crippen LogP contribution >= 0.6 is 0 Å². The SMILES string of the molecule is COc1ccc(NC(=O)COC(=O)c2cc(-c3ccccc3)nc3onc(C)c23)c(OC)c1. The van der Waals surface area contributed by atoms with E-state index in [4.69, 9.17) is 18.7 Å². The minimum absolute atomic E-state index is 0.215. The minimum Gasteiger partial charge on any atom is -0.497 e. The first-order chi connectivity index (χ1) is 16.0. The van der Waals surface area contributed by atoms with Gasteiger partial charge in [0.05, 0.1) is 42.2 Å². The van der Waals surface area contributed by atoms with E-state index in [1.54, 1.807) is 31.2 Å². The van der Waals surface area contributed by atoms with E-state index in [0.717, 1.165) is 5.56 Å². The Morgan fingerprint density at radius 3 is 2.55 bits per heavy atom. The number of aromatic nitrogens is 2. The van der Waals surface area contributed by atoms with Crippen LogP contribution in [0.3, 0.4) is 0 Å². The van der Waals surface area contributed by atoms with Crippen molar-refractivity contribution in [1.29, 1.82) is 0 Å². The number of esters is 1. The van der Waals surface area contributed by atoms with Gasteiger partial charge in [-0.25, -0.2) is 9.78 Å². The molecule has 9 nitrogen and oxygen atoms in total. The minimum atomic E-state index is -0.692. The van der Waals surface area contributed by atoms with E-state index in [-0.39, 0.29) is 11.3 Å². The first-order valence-corrected chi connectivity index (χ1v) is 10.0. The third kappa shape index (κ3) is 4.62. The van der Waals surface area contributed by atoms with Gasteiger partial charge in [0.2, 0.25) is 0 Å². The lowest BCUT2D eigenvalue weighted by Crippen LogP contribution is -2.21. The smallest absolute Gasteiger partial charge is 0.339 e. The van der Waals surface area contributed by atoms with Crippen LogP contribution in [0.1, 0.15) is 16.1 Å². The number of nitrogens with one attached hydrogen (secondary N) is 1. The van der Waals surface area contributed by atoms with Gasteiger partial charge in [-0.05, 0) is 25.1 Å². The Morgan fingerprint density at radius 1 is 1.03 bits per heavy atom. The molecule has 0 saturated heterocycles. The van der Waals surface area contributed by atoms with Crippen LogP contribution in [0.25, 0.3) is 22.4 Å². The maximum absolute atomic E-state index is 12.9. The fraction of sp³-hybridized carbons (Fsp3) is 0.167. The van der Waals surface area contributed by atoms with Crippen molar-refractivity contribution in [2.45, 2.75) is 6.92 Å². The van der Waals surface area contributed by atoms with Gasteiger partial charge in [0, 0.05) is 11.6 Å². The predicted molar refractivity (Wildman–Crippen MR) is 120 cm³/mol. The number of ether oxygens (including phenoxy) is 3. The highest BCUT2D eigenvalue weighted by Gasteiger charge is 2.21. The van der Waals surface area contributed by atoms with E-state index in [0.29, 0.717) is 34.0 Å². The lowest BCUT2D eigenvalue weighted by atomic mass is 10.1. The van der Waals surface area contributed by atoms with Gasteiger partial charge in [0.1, 0.15) is 11.5 Å². The zero-order valence-electron chi connectivity index (χ0n) is 18.2. The summed E-state index contributed by atoms with van der Waals surface area (Å²) in [6.07, 6.45) is 0. The number of hydrogen-bond donors (Lipinski definition) is 1. The van der Waals surface area contributed by atoms with E-state index < -0.39 is 18.5 Å². The highest BCUT2D eigenvalue weighted by Crippen LogP contribution is 2.29. The van der Waals surface area contributed by atoms with Gasteiger partial charge in [0.25, 0.3) is 11.6 Å². The molecule has 0 aliphatic carbocycles. The fourth-order valence-electron chi connectivity index (χ4n) is 3.31. The van der Waals surface area contributed by atoms with Crippen LogP contribution < -0.4 is 14.8 Å². The molecule has 0 aliphatic rings.